The van der Waals surface area contributed by atoms with Crippen LogP contribution in [0.4, 0.5) is 4.39 Å². The fourth-order valence-electron chi connectivity index (χ4n) is 2.26. The lowest BCUT2D eigenvalue weighted by Crippen LogP contribution is -2.16. The zero-order valence-corrected chi connectivity index (χ0v) is 12.0. The summed E-state index contributed by atoms with van der Waals surface area (Å²) in [5, 5.41) is 0.724. The Morgan fingerprint density at radius 2 is 2.28 bits per heavy atom. The van der Waals surface area contributed by atoms with Crippen LogP contribution in [0.3, 0.4) is 0 Å². The number of aryl methyl sites for hydroxylation is 1. The van der Waals surface area contributed by atoms with Gasteiger partial charge in [-0.25, -0.2) is 9.37 Å². The minimum Gasteiger partial charge on any atom is -0.323 e. The van der Waals surface area contributed by atoms with E-state index in [0.29, 0.717) is 5.56 Å². The number of aromatic nitrogens is 1. The molecule has 3 rings (SSSR count). The van der Waals surface area contributed by atoms with Gasteiger partial charge in [0.05, 0.1) is 11.3 Å². The first-order valence-corrected chi connectivity index (χ1v) is 7.47. The zero-order valence-electron chi connectivity index (χ0n) is 9.62. The second-order valence-electron chi connectivity index (χ2n) is 4.42. The van der Waals surface area contributed by atoms with Gasteiger partial charge in [0.1, 0.15) is 10.8 Å². The van der Waals surface area contributed by atoms with Crippen LogP contribution in [0, 0.1) is 5.82 Å². The summed E-state index contributed by atoms with van der Waals surface area (Å²) in [6.45, 7) is 0. The summed E-state index contributed by atoms with van der Waals surface area (Å²) in [7, 11) is 0. The SMILES string of the molecule is NC1CCCc2sc(-c3c(F)cccc3Br)nc21. The predicted octanol–water partition coefficient (Wildman–Crippen LogP) is 4.05. The van der Waals surface area contributed by atoms with E-state index in [1.807, 2.05) is 6.07 Å². The average Bonchev–Trinajstić information content (AvgIpc) is 2.74. The van der Waals surface area contributed by atoms with E-state index < -0.39 is 0 Å². The first-order valence-electron chi connectivity index (χ1n) is 5.86. The molecule has 2 N–H and O–H groups in total. The highest BCUT2D eigenvalue weighted by Gasteiger charge is 2.23. The van der Waals surface area contributed by atoms with Crippen molar-refractivity contribution in [1.29, 1.82) is 0 Å². The van der Waals surface area contributed by atoms with Crippen molar-refractivity contribution >= 4 is 27.3 Å². The van der Waals surface area contributed by atoms with Crippen molar-refractivity contribution in [2.75, 3.05) is 0 Å². The predicted molar refractivity (Wildman–Crippen MR) is 75.1 cm³/mol. The number of hydrogen-bond donors (Lipinski definition) is 1. The van der Waals surface area contributed by atoms with E-state index in [2.05, 4.69) is 20.9 Å². The Balaban J connectivity index is 2.13. The molecule has 94 valence electrons. The summed E-state index contributed by atoms with van der Waals surface area (Å²) in [5.41, 5.74) is 7.55. The van der Waals surface area contributed by atoms with Gasteiger partial charge in [-0.1, -0.05) is 6.07 Å². The highest BCUT2D eigenvalue weighted by molar-refractivity contribution is 9.10. The maximum atomic E-state index is 13.9. The summed E-state index contributed by atoms with van der Waals surface area (Å²) < 4.78 is 14.6. The lowest BCUT2D eigenvalue weighted by Gasteiger charge is -2.15. The van der Waals surface area contributed by atoms with Gasteiger partial charge in [0.15, 0.2) is 0 Å². The molecule has 18 heavy (non-hydrogen) atoms. The molecule has 1 aliphatic rings. The summed E-state index contributed by atoms with van der Waals surface area (Å²) in [5.74, 6) is -0.246. The number of fused-ring (bicyclic) bond motifs is 1. The van der Waals surface area contributed by atoms with Crippen LogP contribution in [0.5, 0.6) is 0 Å². The number of halogens is 2. The number of nitrogens with zero attached hydrogens (tertiary/aromatic N) is 1. The molecular formula is C13H12BrFN2S. The second kappa shape index (κ2) is 4.72. The van der Waals surface area contributed by atoms with Crippen LogP contribution >= 0.6 is 27.3 Å². The van der Waals surface area contributed by atoms with Crippen molar-refractivity contribution in [3.05, 3.63) is 39.1 Å². The topological polar surface area (TPSA) is 38.9 Å². The molecule has 1 aromatic carbocycles. The Hall–Kier alpha value is -0.780. The van der Waals surface area contributed by atoms with Gasteiger partial charge in [-0.05, 0) is 47.3 Å². The maximum absolute atomic E-state index is 13.9. The van der Waals surface area contributed by atoms with E-state index in [0.717, 1.165) is 34.4 Å². The van der Waals surface area contributed by atoms with Crippen LogP contribution in [0.25, 0.3) is 10.6 Å². The molecule has 1 heterocycles. The van der Waals surface area contributed by atoms with E-state index in [1.54, 1.807) is 17.4 Å². The van der Waals surface area contributed by atoms with Crippen LogP contribution in [0.1, 0.15) is 29.5 Å². The van der Waals surface area contributed by atoms with E-state index in [1.165, 1.54) is 10.9 Å². The molecule has 0 fully saturated rings. The molecule has 2 nitrogen and oxygen atoms in total. The van der Waals surface area contributed by atoms with Crippen molar-refractivity contribution < 1.29 is 4.39 Å². The van der Waals surface area contributed by atoms with Crippen molar-refractivity contribution in [3.8, 4) is 10.6 Å². The Bertz CT molecular complexity index is 576. The molecule has 0 bridgehead atoms. The highest BCUT2D eigenvalue weighted by atomic mass is 79.9. The quantitative estimate of drug-likeness (QED) is 0.858. The first-order chi connectivity index (χ1) is 8.66. The third-order valence-corrected chi connectivity index (χ3v) is 4.98. The summed E-state index contributed by atoms with van der Waals surface area (Å²) in [6.07, 6.45) is 3.07. The number of nitrogens with two attached hydrogens (primary N) is 1. The summed E-state index contributed by atoms with van der Waals surface area (Å²) >= 11 is 4.95. The van der Waals surface area contributed by atoms with Gasteiger partial charge in [-0.2, -0.15) is 0 Å². The molecule has 0 amide bonds. The molecular weight excluding hydrogens is 315 g/mol. The van der Waals surface area contributed by atoms with Crippen molar-refractivity contribution in [1.82, 2.24) is 4.98 Å². The van der Waals surface area contributed by atoms with Crippen molar-refractivity contribution in [2.24, 2.45) is 5.73 Å². The molecule has 1 atom stereocenters. The molecule has 5 heteroatoms. The van der Waals surface area contributed by atoms with Crippen LogP contribution in [-0.2, 0) is 6.42 Å². The second-order valence-corrected chi connectivity index (χ2v) is 6.36. The molecule has 0 saturated heterocycles. The van der Waals surface area contributed by atoms with Gasteiger partial charge >= 0.3 is 0 Å². The Morgan fingerprint density at radius 1 is 1.44 bits per heavy atom. The van der Waals surface area contributed by atoms with Crippen LogP contribution in [0.15, 0.2) is 22.7 Å². The molecule has 0 radical (unpaired) electrons. The lowest BCUT2D eigenvalue weighted by molar-refractivity contribution is 0.564. The number of benzene rings is 1. The lowest BCUT2D eigenvalue weighted by atomic mass is 9.99. The Morgan fingerprint density at radius 3 is 3.00 bits per heavy atom. The van der Waals surface area contributed by atoms with Gasteiger partial charge in [0, 0.05) is 15.4 Å². The third-order valence-electron chi connectivity index (χ3n) is 3.17. The smallest absolute Gasteiger partial charge is 0.134 e. The Labute approximate surface area is 117 Å². The number of rotatable bonds is 1. The molecule has 1 aliphatic carbocycles. The van der Waals surface area contributed by atoms with Gasteiger partial charge in [-0.15, -0.1) is 11.3 Å². The average molecular weight is 327 g/mol. The minimum atomic E-state index is -0.246. The molecule has 0 aliphatic heterocycles. The summed E-state index contributed by atoms with van der Waals surface area (Å²) in [4.78, 5) is 5.75. The highest BCUT2D eigenvalue weighted by Crippen LogP contribution is 2.39. The largest absolute Gasteiger partial charge is 0.323 e. The number of hydrogen-bond acceptors (Lipinski definition) is 3. The minimum absolute atomic E-state index is 0.00398. The van der Waals surface area contributed by atoms with Gasteiger partial charge in [0.25, 0.3) is 0 Å². The van der Waals surface area contributed by atoms with E-state index in [-0.39, 0.29) is 11.9 Å². The maximum Gasteiger partial charge on any atom is 0.134 e. The fraction of sp³-hybridized carbons (Fsp3) is 0.308. The zero-order chi connectivity index (χ0) is 12.7. The van der Waals surface area contributed by atoms with Crippen molar-refractivity contribution in [3.63, 3.8) is 0 Å². The third kappa shape index (κ3) is 2.00. The monoisotopic (exact) mass is 326 g/mol. The van der Waals surface area contributed by atoms with Crippen molar-refractivity contribution in [2.45, 2.75) is 25.3 Å². The standard InChI is InChI=1S/C13H12BrFN2S/c14-7-3-1-4-8(15)11(7)13-17-12-9(16)5-2-6-10(12)18-13/h1,3-4,9H,2,5-6,16H2. The summed E-state index contributed by atoms with van der Waals surface area (Å²) in [6, 6.07) is 4.98. The Kier molecular flexibility index (Phi) is 3.21. The molecule has 1 unspecified atom stereocenters. The van der Waals surface area contributed by atoms with E-state index >= 15 is 0 Å². The van der Waals surface area contributed by atoms with Gasteiger partial charge in [0.2, 0.25) is 0 Å². The van der Waals surface area contributed by atoms with Gasteiger partial charge < -0.3 is 5.73 Å². The van der Waals surface area contributed by atoms with E-state index in [9.17, 15) is 4.39 Å². The van der Waals surface area contributed by atoms with Crippen LogP contribution in [-0.4, -0.2) is 4.98 Å². The molecule has 1 aromatic heterocycles. The van der Waals surface area contributed by atoms with Crippen LogP contribution in [0.2, 0.25) is 0 Å². The first kappa shape index (κ1) is 12.3. The van der Waals surface area contributed by atoms with E-state index in [4.69, 9.17) is 5.73 Å². The molecule has 0 saturated carbocycles. The van der Waals surface area contributed by atoms with Gasteiger partial charge in [-0.3, -0.25) is 0 Å². The number of thiazole rings is 1. The normalized spacial score (nSPS) is 18.7. The molecule has 2 aromatic rings. The molecule has 0 spiro atoms. The van der Waals surface area contributed by atoms with Crippen LogP contribution < -0.4 is 5.73 Å². The fourth-order valence-corrected chi connectivity index (χ4v) is 4.16.